The van der Waals surface area contributed by atoms with Crippen LogP contribution in [-0.2, 0) is 4.79 Å². The normalized spacial score (nSPS) is 39.0. The van der Waals surface area contributed by atoms with E-state index in [2.05, 4.69) is 5.32 Å². The molecule has 5 rings (SSSR count). The van der Waals surface area contributed by atoms with Crippen LogP contribution >= 0.6 is 23.2 Å². The van der Waals surface area contributed by atoms with Gasteiger partial charge in [0.15, 0.2) is 0 Å². The van der Waals surface area contributed by atoms with Crippen molar-refractivity contribution in [2.75, 3.05) is 5.32 Å². The zero-order valence-electron chi connectivity index (χ0n) is 12.2. The van der Waals surface area contributed by atoms with E-state index in [0.717, 1.165) is 25.7 Å². The summed E-state index contributed by atoms with van der Waals surface area (Å²) in [6.07, 6.45) is 5.70. The monoisotopic (exact) mass is 341 g/mol. The lowest BCUT2D eigenvalue weighted by atomic mass is 9.49. The largest absolute Gasteiger partial charge is 0.323 e. The molecule has 0 saturated heterocycles. The third-order valence-electron chi connectivity index (χ3n) is 5.65. The van der Waals surface area contributed by atoms with Crippen LogP contribution in [0.1, 0.15) is 38.5 Å². The molecule has 0 aromatic heterocycles. The minimum Gasteiger partial charge on any atom is -0.323 e. The summed E-state index contributed by atoms with van der Waals surface area (Å²) in [6, 6.07) is 4.22. The van der Waals surface area contributed by atoms with Gasteiger partial charge in [-0.3, -0.25) is 4.79 Å². The first-order valence-corrected chi connectivity index (χ1v) is 8.59. The second-order valence-electron chi connectivity index (χ2n) is 7.47. The Bertz CT molecular complexity index is 634. The minimum absolute atomic E-state index is 0.0900. The van der Waals surface area contributed by atoms with E-state index in [4.69, 9.17) is 23.2 Å². The number of hydrogen-bond donors (Lipinski definition) is 1. The van der Waals surface area contributed by atoms with Gasteiger partial charge in [0.25, 0.3) is 0 Å². The van der Waals surface area contributed by atoms with Gasteiger partial charge in [0.1, 0.15) is 5.82 Å². The molecule has 1 aromatic rings. The maximum atomic E-state index is 13.9. The van der Waals surface area contributed by atoms with Gasteiger partial charge in [-0.25, -0.2) is 4.39 Å². The molecule has 2 atom stereocenters. The van der Waals surface area contributed by atoms with E-state index in [1.165, 1.54) is 24.6 Å². The Balaban J connectivity index is 1.61. The number of halogens is 3. The summed E-state index contributed by atoms with van der Waals surface area (Å²) in [5, 5.41) is 3.18. The number of carbonyl (C=O) groups excluding carboxylic acids is 1. The van der Waals surface area contributed by atoms with E-state index in [1.807, 2.05) is 0 Å². The number of rotatable bonds is 2. The molecule has 5 heteroatoms. The van der Waals surface area contributed by atoms with Crippen molar-refractivity contribution < 1.29 is 9.18 Å². The lowest BCUT2D eigenvalue weighted by molar-refractivity contribution is -0.138. The van der Waals surface area contributed by atoms with Crippen LogP contribution in [0.15, 0.2) is 18.2 Å². The van der Waals surface area contributed by atoms with Crippen molar-refractivity contribution in [1.29, 1.82) is 0 Å². The molecule has 1 N–H and O–H groups in total. The summed E-state index contributed by atoms with van der Waals surface area (Å²) < 4.78 is 13.9. The molecule has 4 fully saturated rings. The molecular formula is C17H18Cl2FNO. The van der Waals surface area contributed by atoms with Crippen molar-refractivity contribution in [2.45, 2.75) is 43.4 Å². The molecule has 22 heavy (non-hydrogen) atoms. The number of anilines is 1. The molecule has 4 aliphatic rings. The molecular weight excluding hydrogens is 324 g/mol. The number of amides is 1. The van der Waals surface area contributed by atoms with Gasteiger partial charge in [-0.2, -0.15) is 0 Å². The number of benzene rings is 1. The second kappa shape index (κ2) is 4.85. The summed E-state index contributed by atoms with van der Waals surface area (Å²) in [5.41, 5.74) is -0.266. The summed E-state index contributed by atoms with van der Waals surface area (Å²) in [4.78, 5) is 12.7. The quantitative estimate of drug-likeness (QED) is 0.754. The highest BCUT2D eigenvalue weighted by Gasteiger charge is 2.60. The van der Waals surface area contributed by atoms with E-state index in [9.17, 15) is 9.18 Å². The van der Waals surface area contributed by atoms with Crippen LogP contribution < -0.4 is 5.32 Å². The molecule has 1 aromatic carbocycles. The highest BCUT2D eigenvalue weighted by molar-refractivity contribution is 6.31. The number of nitrogens with one attached hydrogen (secondary N) is 1. The Kier molecular flexibility index (Phi) is 3.25. The fourth-order valence-corrected chi connectivity index (χ4v) is 6.13. The predicted octanol–water partition coefficient (Wildman–Crippen LogP) is 5.00. The average molecular weight is 342 g/mol. The van der Waals surface area contributed by atoms with Crippen molar-refractivity contribution in [3.05, 3.63) is 29.0 Å². The van der Waals surface area contributed by atoms with Crippen molar-refractivity contribution >= 4 is 34.8 Å². The Morgan fingerprint density at radius 1 is 1.23 bits per heavy atom. The van der Waals surface area contributed by atoms with Gasteiger partial charge in [-0.05, 0) is 68.6 Å². The van der Waals surface area contributed by atoms with Gasteiger partial charge in [0.05, 0.1) is 11.1 Å². The van der Waals surface area contributed by atoms with Crippen LogP contribution in [0.3, 0.4) is 0 Å². The zero-order chi connectivity index (χ0) is 15.5. The van der Waals surface area contributed by atoms with Crippen LogP contribution in [0.2, 0.25) is 5.02 Å². The standard InChI is InChI=1S/C17H18Cl2FNO/c18-12-1-2-13(20)14(4-12)21-15(22)16-5-10-3-11(6-16)8-17(19,7-10)9-16/h1-2,4,10-11H,3,5-9H2,(H,21,22). The van der Waals surface area contributed by atoms with Crippen molar-refractivity contribution in [1.82, 2.24) is 0 Å². The lowest BCUT2D eigenvalue weighted by Gasteiger charge is -2.59. The highest BCUT2D eigenvalue weighted by atomic mass is 35.5. The maximum Gasteiger partial charge on any atom is 0.230 e. The Hall–Kier alpha value is -0.800. The molecule has 4 saturated carbocycles. The molecule has 0 spiro atoms. The van der Waals surface area contributed by atoms with Gasteiger partial charge < -0.3 is 5.32 Å². The third kappa shape index (κ3) is 2.33. The summed E-state index contributed by atoms with van der Waals surface area (Å²) >= 11 is 12.7. The Morgan fingerprint density at radius 2 is 1.91 bits per heavy atom. The summed E-state index contributed by atoms with van der Waals surface area (Å²) in [6.45, 7) is 0. The first kappa shape index (κ1) is 14.8. The number of alkyl halides is 1. The Morgan fingerprint density at radius 3 is 2.55 bits per heavy atom. The number of carbonyl (C=O) groups is 1. The molecule has 118 valence electrons. The van der Waals surface area contributed by atoms with Gasteiger partial charge in [-0.1, -0.05) is 11.6 Å². The lowest BCUT2D eigenvalue weighted by Crippen LogP contribution is -2.57. The average Bonchev–Trinajstić information content (AvgIpc) is 2.40. The molecule has 4 aliphatic carbocycles. The first-order valence-electron chi connectivity index (χ1n) is 7.83. The van der Waals surface area contributed by atoms with E-state index in [0.29, 0.717) is 23.3 Å². The van der Waals surface area contributed by atoms with Crippen molar-refractivity contribution in [3.8, 4) is 0 Å². The summed E-state index contributed by atoms with van der Waals surface area (Å²) in [7, 11) is 0. The van der Waals surface area contributed by atoms with Crippen LogP contribution in [0.4, 0.5) is 10.1 Å². The van der Waals surface area contributed by atoms with E-state index < -0.39 is 11.2 Å². The van der Waals surface area contributed by atoms with Gasteiger partial charge in [0.2, 0.25) is 5.91 Å². The first-order chi connectivity index (χ1) is 10.4. The molecule has 0 aliphatic heterocycles. The van der Waals surface area contributed by atoms with Crippen LogP contribution in [0.5, 0.6) is 0 Å². The topological polar surface area (TPSA) is 29.1 Å². The van der Waals surface area contributed by atoms with E-state index >= 15 is 0 Å². The Labute approximate surface area is 139 Å². The van der Waals surface area contributed by atoms with Gasteiger partial charge >= 0.3 is 0 Å². The van der Waals surface area contributed by atoms with Crippen LogP contribution in [0.25, 0.3) is 0 Å². The maximum absolute atomic E-state index is 13.9. The third-order valence-corrected chi connectivity index (χ3v) is 6.33. The molecule has 0 radical (unpaired) electrons. The van der Waals surface area contributed by atoms with E-state index in [-0.39, 0.29) is 16.5 Å². The fourth-order valence-electron chi connectivity index (χ4n) is 5.26. The highest BCUT2D eigenvalue weighted by Crippen LogP contribution is 2.64. The predicted molar refractivity (Wildman–Crippen MR) is 85.7 cm³/mol. The van der Waals surface area contributed by atoms with Gasteiger partial charge in [-0.15, -0.1) is 11.6 Å². The smallest absolute Gasteiger partial charge is 0.230 e. The van der Waals surface area contributed by atoms with Crippen LogP contribution in [-0.4, -0.2) is 10.8 Å². The zero-order valence-corrected chi connectivity index (χ0v) is 13.7. The second-order valence-corrected chi connectivity index (χ2v) is 8.71. The van der Waals surface area contributed by atoms with E-state index in [1.54, 1.807) is 0 Å². The molecule has 2 nitrogen and oxygen atoms in total. The van der Waals surface area contributed by atoms with Gasteiger partial charge in [0, 0.05) is 9.90 Å². The molecule has 1 amide bonds. The van der Waals surface area contributed by atoms with Crippen molar-refractivity contribution in [3.63, 3.8) is 0 Å². The number of hydrogen-bond acceptors (Lipinski definition) is 1. The summed E-state index contributed by atoms with van der Waals surface area (Å²) in [5.74, 6) is 0.526. The minimum atomic E-state index is -0.455. The molecule has 4 bridgehead atoms. The SMILES string of the molecule is O=C(Nc1cc(Cl)ccc1F)C12CC3CC(CC(Cl)(C3)C1)C2. The van der Waals surface area contributed by atoms with Crippen LogP contribution in [0, 0.1) is 23.1 Å². The molecule has 2 unspecified atom stereocenters. The fraction of sp³-hybridized carbons (Fsp3) is 0.588. The molecule has 0 heterocycles. The van der Waals surface area contributed by atoms with Crippen molar-refractivity contribution in [2.24, 2.45) is 17.3 Å².